The minimum Gasteiger partial charge on any atom is -0.250 e. The van der Waals surface area contributed by atoms with E-state index in [1.807, 2.05) is 44.2 Å². The molecule has 1 unspecified atom stereocenters. The summed E-state index contributed by atoms with van der Waals surface area (Å²) in [7, 11) is -0.972. The molecule has 0 aromatic heterocycles. The Morgan fingerprint density at radius 2 is 1.92 bits per heavy atom. The van der Waals surface area contributed by atoms with Gasteiger partial charge in [-0.3, -0.25) is 0 Å². The number of hydrogen-bond donors (Lipinski definition) is 0. The van der Waals surface area contributed by atoms with Crippen molar-refractivity contribution in [3.63, 3.8) is 0 Å². The lowest BCUT2D eigenvalue weighted by atomic mass is 10.2. The minimum absolute atomic E-state index is 0.871. The van der Waals surface area contributed by atoms with Gasteiger partial charge in [-0.05, 0) is 25.5 Å². The lowest BCUT2D eigenvalue weighted by molar-refractivity contribution is 0.688. The molecular formula is C11H14OS. The van der Waals surface area contributed by atoms with Crippen LogP contribution in [0.3, 0.4) is 0 Å². The fraction of sp³-hybridized carbons (Fsp3) is 0.273. The monoisotopic (exact) mass is 194 g/mol. The van der Waals surface area contributed by atoms with Crippen molar-refractivity contribution < 1.29 is 4.21 Å². The average molecular weight is 194 g/mol. The van der Waals surface area contributed by atoms with E-state index in [1.165, 1.54) is 5.56 Å². The van der Waals surface area contributed by atoms with E-state index >= 15 is 0 Å². The van der Waals surface area contributed by atoms with Gasteiger partial charge in [0.15, 0.2) is 0 Å². The van der Waals surface area contributed by atoms with Crippen molar-refractivity contribution in [3.05, 3.63) is 41.3 Å². The number of aryl methyl sites for hydroxylation is 1. The van der Waals surface area contributed by atoms with Crippen LogP contribution in [-0.2, 0) is 10.8 Å². The average Bonchev–Trinajstić information content (AvgIpc) is 2.15. The summed E-state index contributed by atoms with van der Waals surface area (Å²) in [5, 5.41) is 1.74. The standard InChI is InChI=1S/C11H14OS/c1-3-4-9-13(12)11-7-5-10(2)6-8-11/h4-9H,3H2,1-2H3/b9-4+. The highest BCUT2D eigenvalue weighted by Gasteiger charge is 1.97. The third-order valence-electron chi connectivity index (χ3n) is 1.71. The van der Waals surface area contributed by atoms with Gasteiger partial charge in [0.25, 0.3) is 0 Å². The predicted molar refractivity (Wildman–Crippen MR) is 57.0 cm³/mol. The van der Waals surface area contributed by atoms with Crippen LogP contribution in [0.25, 0.3) is 0 Å². The fourth-order valence-electron chi connectivity index (χ4n) is 0.935. The fourth-order valence-corrected chi connectivity index (χ4v) is 1.86. The van der Waals surface area contributed by atoms with E-state index in [1.54, 1.807) is 5.41 Å². The number of allylic oxidation sites excluding steroid dienone is 1. The zero-order valence-corrected chi connectivity index (χ0v) is 8.80. The van der Waals surface area contributed by atoms with Crippen molar-refractivity contribution in [2.75, 3.05) is 0 Å². The maximum absolute atomic E-state index is 11.5. The summed E-state index contributed by atoms with van der Waals surface area (Å²) in [5.74, 6) is 0. The van der Waals surface area contributed by atoms with Crippen LogP contribution in [0.2, 0.25) is 0 Å². The Hall–Kier alpha value is -0.890. The van der Waals surface area contributed by atoms with Crippen LogP contribution >= 0.6 is 0 Å². The Morgan fingerprint density at radius 1 is 1.31 bits per heavy atom. The molecule has 0 saturated carbocycles. The molecule has 0 radical (unpaired) electrons. The molecule has 2 heteroatoms. The lowest BCUT2D eigenvalue weighted by Gasteiger charge is -1.96. The van der Waals surface area contributed by atoms with Crippen LogP contribution < -0.4 is 0 Å². The van der Waals surface area contributed by atoms with E-state index in [-0.39, 0.29) is 0 Å². The summed E-state index contributed by atoms with van der Waals surface area (Å²) in [4.78, 5) is 0.871. The smallest absolute Gasteiger partial charge is 0.0772 e. The maximum Gasteiger partial charge on any atom is 0.0772 e. The van der Waals surface area contributed by atoms with E-state index in [0.29, 0.717) is 0 Å². The minimum atomic E-state index is -0.972. The van der Waals surface area contributed by atoms with Gasteiger partial charge in [0.2, 0.25) is 0 Å². The quantitative estimate of drug-likeness (QED) is 0.723. The second-order valence-corrected chi connectivity index (χ2v) is 4.23. The molecule has 0 heterocycles. The molecule has 13 heavy (non-hydrogen) atoms. The molecule has 1 aromatic carbocycles. The van der Waals surface area contributed by atoms with Gasteiger partial charge in [0, 0.05) is 10.3 Å². The summed E-state index contributed by atoms with van der Waals surface area (Å²) in [6.45, 7) is 4.05. The van der Waals surface area contributed by atoms with E-state index in [2.05, 4.69) is 0 Å². The first kappa shape index (κ1) is 10.2. The molecule has 0 fully saturated rings. The maximum atomic E-state index is 11.5. The molecule has 1 nitrogen and oxygen atoms in total. The topological polar surface area (TPSA) is 17.1 Å². The molecule has 0 spiro atoms. The highest BCUT2D eigenvalue weighted by atomic mass is 32.2. The molecule has 1 aromatic rings. The van der Waals surface area contributed by atoms with Gasteiger partial charge < -0.3 is 0 Å². The molecule has 1 rings (SSSR count). The molecular weight excluding hydrogens is 180 g/mol. The van der Waals surface area contributed by atoms with Crippen molar-refractivity contribution in [1.82, 2.24) is 0 Å². The van der Waals surface area contributed by atoms with Crippen molar-refractivity contribution in [3.8, 4) is 0 Å². The molecule has 70 valence electrons. The zero-order valence-electron chi connectivity index (χ0n) is 7.99. The Balaban J connectivity index is 2.78. The summed E-state index contributed by atoms with van der Waals surface area (Å²) in [6.07, 6.45) is 2.85. The molecule has 0 aliphatic heterocycles. The number of benzene rings is 1. The van der Waals surface area contributed by atoms with Crippen LogP contribution in [0.4, 0.5) is 0 Å². The van der Waals surface area contributed by atoms with Gasteiger partial charge in [-0.2, -0.15) is 0 Å². The largest absolute Gasteiger partial charge is 0.250 e. The Kier molecular flexibility index (Phi) is 3.90. The summed E-state index contributed by atoms with van der Waals surface area (Å²) < 4.78 is 11.5. The predicted octanol–water partition coefficient (Wildman–Crippen LogP) is 3.03. The van der Waals surface area contributed by atoms with Crippen molar-refractivity contribution in [1.29, 1.82) is 0 Å². The van der Waals surface area contributed by atoms with Gasteiger partial charge in [-0.1, -0.05) is 30.7 Å². The first-order valence-electron chi connectivity index (χ1n) is 4.38. The molecule has 0 bridgehead atoms. The second kappa shape index (κ2) is 4.97. The molecule has 0 saturated heterocycles. The van der Waals surface area contributed by atoms with Crippen molar-refractivity contribution in [2.24, 2.45) is 0 Å². The molecule has 1 atom stereocenters. The Labute approximate surface area is 81.9 Å². The molecule has 0 N–H and O–H groups in total. The summed E-state index contributed by atoms with van der Waals surface area (Å²) >= 11 is 0. The van der Waals surface area contributed by atoms with Gasteiger partial charge in [-0.15, -0.1) is 0 Å². The van der Waals surface area contributed by atoms with E-state index < -0.39 is 10.8 Å². The van der Waals surface area contributed by atoms with Gasteiger partial charge in [0.1, 0.15) is 0 Å². The third kappa shape index (κ3) is 3.15. The summed E-state index contributed by atoms with van der Waals surface area (Å²) in [5.41, 5.74) is 1.19. The molecule has 0 amide bonds. The SMILES string of the molecule is CC/C=C/S(=O)c1ccc(C)cc1. The van der Waals surface area contributed by atoms with Crippen LogP contribution in [-0.4, -0.2) is 4.21 Å². The first-order valence-corrected chi connectivity index (χ1v) is 5.59. The van der Waals surface area contributed by atoms with Gasteiger partial charge in [0.05, 0.1) is 10.8 Å². The van der Waals surface area contributed by atoms with Crippen LogP contribution in [0.1, 0.15) is 18.9 Å². The van der Waals surface area contributed by atoms with E-state index in [9.17, 15) is 4.21 Å². The van der Waals surface area contributed by atoms with E-state index in [4.69, 9.17) is 0 Å². The van der Waals surface area contributed by atoms with Gasteiger partial charge in [-0.25, -0.2) is 4.21 Å². The highest BCUT2D eigenvalue weighted by molar-refractivity contribution is 7.88. The zero-order chi connectivity index (χ0) is 9.68. The Bertz CT molecular complexity index is 311. The lowest BCUT2D eigenvalue weighted by Crippen LogP contribution is -1.85. The normalized spacial score (nSPS) is 13.4. The first-order chi connectivity index (χ1) is 6.24. The van der Waals surface area contributed by atoms with Crippen molar-refractivity contribution >= 4 is 10.8 Å². The van der Waals surface area contributed by atoms with Crippen LogP contribution in [0, 0.1) is 6.92 Å². The third-order valence-corrected chi connectivity index (χ3v) is 2.89. The number of hydrogen-bond acceptors (Lipinski definition) is 1. The second-order valence-electron chi connectivity index (χ2n) is 2.89. The van der Waals surface area contributed by atoms with Gasteiger partial charge >= 0.3 is 0 Å². The summed E-state index contributed by atoms with van der Waals surface area (Å²) in [6, 6.07) is 7.77. The highest BCUT2D eigenvalue weighted by Crippen LogP contribution is 2.09. The van der Waals surface area contributed by atoms with E-state index in [0.717, 1.165) is 11.3 Å². The van der Waals surface area contributed by atoms with Crippen LogP contribution in [0.5, 0.6) is 0 Å². The molecule has 0 aliphatic rings. The number of rotatable bonds is 3. The molecule has 0 aliphatic carbocycles. The van der Waals surface area contributed by atoms with Crippen LogP contribution in [0.15, 0.2) is 40.6 Å². The van der Waals surface area contributed by atoms with Crippen molar-refractivity contribution in [2.45, 2.75) is 25.2 Å². The Morgan fingerprint density at radius 3 is 2.46 bits per heavy atom.